The molecule has 116 valence electrons. The van der Waals surface area contributed by atoms with Gasteiger partial charge in [0.15, 0.2) is 0 Å². The van der Waals surface area contributed by atoms with Crippen molar-refractivity contribution < 1.29 is 4.55 Å². The van der Waals surface area contributed by atoms with Gasteiger partial charge >= 0.3 is 0 Å². The summed E-state index contributed by atoms with van der Waals surface area (Å²) in [4.78, 5) is 0. The second kappa shape index (κ2) is 10.4. The fourth-order valence-electron chi connectivity index (χ4n) is 1.94. The van der Waals surface area contributed by atoms with Crippen molar-refractivity contribution in [1.29, 1.82) is 0 Å². The number of benzene rings is 2. The second-order valence-electron chi connectivity index (χ2n) is 4.88. The second-order valence-corrected chi connectivity index (χ2v) is 5.63. The Bertz CT molecular complexity index is 610. The van der Waals surface area contributed by atoms with Gasteiger partial charge in [-0.15, -0.1) is 0 Å². The number of rotatable bonds is 7. The molecule has 2 aromatic rings. The zero-order chi connectivity index (χ0) is 16.2. The topological polar surface area (TPSA) is 20.2 Å². The Hall–Kier alpha value is -2.29. The van der Waals surface area contributed by atoms with Crippen molar-refractivity contribution in [3.8, 4) is 0 Å². The minimum absolute atomic E-state index is 0.0594. The molecule has 0 radical (unpaired) electrons. The highest BCUT2D eigenvalue weighted by Crippen LogP contribution is 2.10. The van der Waals surface area contributed by atoms with Gasteiger partial charge in [-0.2, -0.15) is 0 Å². The van der Waals surface area contributed by atoms with Crippen LogP contribution in [0, 0.1) is 0 Å². The number of hydrogen-bond donors (Lipinski definition) is 1. The van der Waals surface area contributed by atoms with Crippen LogP contribution in [-0.4, -0.2) is 9.80 Å². The van der Waals surface area contributed by atoms with Crippen LogP contribution < -0.4 is 0 Å². The fourth-order valence-corrected chi connectivity index (χ4v) is 2.27. The lowest BCUT2D eigenvalue weighted by atomic mass is 10.2. The van der Waals surface area contributed by atoms with E-state index in [1.807, 2.05) is 85.0 Å². The molecule has 0 heterocycles. The fraction of sp³-hybridized carbons (Fsp3) is 0.0476. The molecule has 2 rings (SSSR count). The van der Waals surface area contributed by atoms with Crippen LogP contribution in [0.15, 0.2) is 97.1 Å². The first-order valence-electron chi connectivity index (χ1n) is 7.48. The summed E-state index contributed by atoms with van der Waals surface area (Å²) in [6, 6.07) is 20.3. The molecule has 0 aliphatic rings. The van der Waals surface area contributed by atoms with E-state index in [9.17, 15) is 4.55 Å². The summed E-state index contributed by atoms with van der Waals surface area (Å²) >= 11 is 0.821. The van der Waals surface area contributed by atoms with Gasteiger partial charge in [-0.1, -0.05) is 109 Å². The van der Waals surface area contributed by atoms with Gasteiger partial charge in [-0.3, -0.25) is 0 Å². The summed E-state index contributed by atoms with van der Waals surface area (Å²) < 4.78 is 9.32. The third-order valence-corrected chi connectivity index (χ3v) is 3.68. The molecule has 1 nitrogen and oxygen atoms in total. The Labute approximate surface area is 142 Å². The molecule has 0 saturated heterocycles. The quantitative estimate of drug-likeness (QED) is 0.491. The summed E-state index contributed by atoms with van der Waals surface area (Å²) in [7, 11) is 0. The van der Waals surface area contributed by atoms with Gasteiger partial charge in [0.05, 0.1) is 5.25 Å². The van der Waals surface area contributed by atoms with Gasteiger partial charge in [0.1, 0.15) is 0 Å². The zero-order valence-electron chi connectivity index (χ0n) is 12.8. The molecule has 2 aromatic carbocycles. The highest BCUT2D eigenvalue weighted by atomic mass is 32.2. The van der Waals surface area contributed by atoms with Gasteiger partial charge < -0.3 is 4.55 Å². The molecule has 0 fully saturated rings. The Morgan fingerprint density at radius 1 is 0.652 bits per heavy atom. The molecule has 0 aliphatic carbocycles. The van der Waals surface area contributed by atoms with Crippen molar-refractivity contribution in [3.05, 3.63) is 108 Å². The van der Waals surface area contributed by atoms with Crippen molar-refractivity contribution in [3.63, 3.8) is 0 Å². The molecule has 0 unspecified atom stereocenters. The maximum Gasteiger partial charge on any atom is 0.0675 e. The van der Waals surface area contributed by atoms with E-state index in [2.05, 4.69) is 24.3 Å². The molecule has 23 heavy (non-hydrogen) atoms. The average molecular weight is 320 g/mol. The van der Waals surface area contributed by atoms with Crippen molar-refractivity contribution in [2.45, 2.75) is 5.25 Å². The predicted octanol–water partition coefficient (Wildman–Crippen LogP) is 6.10. The van der Waals surface area contributed by atoms with Gasteiger partial charge in [-0.05, 0) is 23.2 Å². The highest BCUT2D eigenvalue weighted by molar-refractivity contribution is 7.94. The summed E-state index contributed by atoms with van der Waals surface area (Å²) in [5.74, 6) is 0. The van der Waals surface area contributed by atoms with E-state index in [0.717, 1.165) is 23.2 Å². The molecule has 2 heteroatoms. The highest BCUT2D eigenvalue weighted by Gasteiger charge is 1.95. The predicted molar refractivity (Wildman–Crippen MR) is 103 cm³/mol. The molecule has 0 aliphatic heterocycles. The van der Waals surface area contributed by atoms with Crippen molar-refractivity contribution in [2.24, 2.45) is 0 Å². The van der Waals surface area contributed by atoms with Crippen LogP contribution in [0.1, 0.15) is 11.1 Å². The molecule has 0 saturated carbocycles. The minimum atomic E-state index is -0.0594. The smallest absolute Gasteiger partial charge is 0.0675 e. The average Bonchev–Trinajstić information content (AvgIpc) is 2.62. The Balaban J connectivity index is 1.85. The van der Waals surface area contributed by atoms with Gasteiger partial charge in [-0.25, -0.2) is 0 Å². The first kappa shape index (κ1) is 17.1. The lowest BCUT2D eigenvalue weighted by molar-refractivity contribution is 0.662. The molecular weight excluding hydrogens is 300 g/mol. The van der Waals surface area contributed by atoms with Crippen LogP contribution in [0.3, 0.4) is 0 Å². The van der Waals surface area contributed by atoms with E-state index >= 15 is 0 Å². The lowest BCUT2D eigenvalue weighted by Crippen LogP contribution is -1.90. The van der Waals surface area contributed by atoms with Crippen LogP contribution in [0.2, 0.25) is 0 Å². The van der Waals surface area contributed by atoms with E-state index in [1.54, 1.807) is 0 Å². The largest absolute Gasteiger partial charge is 0.329 e. The minimum Gasteiger partial charge on any atom is -0.329 e. The van der Waals surface area contributed by atoms with Crippen LogP contribution >= 0.6 is 12.0 Å². The zero-order valence-corrected chi connectivity index (χ0v) is 13.6. The molecule has 1 N–H and O–H groups in total. The number of hydrogen-bond acceptors (Lipinski definition) is 2. The first-order valence-corrected chi connectivity index (χ1v) is 8.32. The third kappa shape index (κ3) is 7.00. The van der Waals surface area contributed by atoms with E-state index in [0.29, 0.717) is 0 Å². The Morgan fingerprint density at radius 3 is 1.48 bits per heavy atom. The SMILES string of the molecule is OSC(/C=C/C=C/c1ccccc1)/C=C/C=C/c1ccccc1. The van der Waals surface area contributed by atoms with Gasteiger partial charge in [0.2, 0.25) is 0 Å². The van der Waals surface area contributed by atoms with E-state index < -0.39 is 0 Å². The number of allylic oxidation sites excluding steroid dienone is 4. The summed E-state index contributed by atoms with van der Waals surface area (Å²) in [5, 5.41) is -0.0594. The Morgan fingerprint density at radius 2 is 1.09 bits per heavy atom. The molecule has 0 bridgehead atoms. The molecule has 0 amide bonds. The first-order chi connectivity index (χ1) is 11.4. The standard InChI is InChI=1S/C21H20OS/c22-23-21(17-9-7-15-19-11-3-1-4-12-19)18-10-8-16-20-13-5-2-6-14-20/h1-18,21-22H/b15-7+,16-8+,17-9+,18-10+. The summed E-state index contributed by atoms with van der Waals surface area (Å²) in [6.07, 6.45) is 15.8. The summed E-state index contributed by atoms with van der Waals surface area (Å²) in [5.41, 5.74) is 2.32. The Kier molecular flexibility index (Phi) is 7.75. The summed E-state index contributed by atoms with van der Waals surface area (Å²) in [6.45, 7) is 0. The normalized spacial score (nSPS) is 12.4. The van der Waals surface area contributed by atoms with Crippen molar-refractivity contribution >= 4 is 24.2 Å². The van der Waals surface area contributed by atoms with Crippen LogP contribution in [0.5, 0.6) is 0 Å². The van der Waals surface area contributed by atoms with Crippen LogP contribution in [0.25, 0.3) is 12.2 Å². The van der Waals surface area contributed by atoms with Crippen LogP contribution in [-0.2, 0) is 0 Å². The van der Waals surface area contributed by atoms with Gasteiger partial charge in [0, 0.05) is 0 Å². The van der Waals surface area contributed by atoms with Crippen LogP contribution in [0.4, 0.5) is 0 Å². The van der Waals surface area contributed by atoms with Gasteiger partial charge in [0.25, 0.3) is 0 Å². The lowest BCUT2D eigenvalue weighted by Gasteiger charge is -1.98. The molecular formula is C21H20OS. The van der Waals surface area contributed by atoms with E-state index in [-0.39, 0.29) is 5.25 Å². The monoisotopic (exact) mass is 320 g/mol. The van der Waals surface area contributed by atoms with Crippen molar-refractivity contribution in [2.75, 3.05) is 0 Å². The van der Waals surface area contributed by atoms with E-state index in [4.69, 9.17) is 0 Å². The molecule has 0 spiro atoms. The third-order valence-electron chi connectivity index (χ3n) is 3.12. The maximum atomic E-state index is 9.32. The maximum absolute atomic E-state index is 9.32. The molecule has 0 aromatic heterocycles. The van der Waals surface area contributed by atoms with Crippen molar-refractivity contribution in [1.82, 2.24) is 0 Å². The molecule has 0 atom stereocenters. The van der Waals surface area contributed by atoms with E-state index in [1.165, 1.54) is 0 Å².